The van der Waals surface area contributed by atoms with Crippen LogP contribution in [0.1, 0.15) is 17.5 Å². The van der Waals surface area contributed by atoms with E-state index in [1.807, 2.05) is 23.1 Å². The van der Waals surface area contributed by atoms with E-state index in [1.165, 1.54) is 5.56 Å². The van der Waals surface area contributed by atoms with Crippen molar-refractivity contribution < 1.29 is 9.90 Å². The molecule has 0 aliphatic carbocycles. The molecule has 0 aromatic heterocycles. The van der Waals surface area contributed by atoms with E-state index in [4.69, 9.17) is 5.73 Å². The zero-order valence-electron chi connectivity index (χ0n) is 12.4. The maximum atomic E-state index is 12.7. The first-order valence-electron chi connectivity index (χ1n) is 7.58. The lowest BCUT2D eigenvalue weighted by Crippen LogP contribution is -2.47. The van der Waals surface area contributed by atoms with Crippen LogP contribution in [0.3, 0.4) is 0 Å². The summed E-state index contributed by atoms with van der Waals surface area (Å²) < 4.78 is 0. The Bertz CT molecular complexity index is 667. The van der Waals surface area contributed by atoms with Crippen LogP contribution >= 0.6 is 0 Å². The number of aryl methyl sites for hydroxylation is 1. The first kappa shape index (κ1) is 14.6. The molecule has 4 heteroatoms. The Labute approximate surface area is 130 Å². The highest BCUT2D eigenvalue weighted by atomic mass is 16.3. The summed E-state index contributed by atoms with van der Waals surface area (Å²) in [7, 11) is 0. The van der Waals surface area contributed by atoms with Crippen molar-refractivity contribution in [3.63, 3.8) is 0 Å². The second kappa shape index (κ2) is 6.20. The number of hydrogen-bond acceptors (Lipinski definition) is 3. The lowest BCUT2D eigenvalue weighted by molar-refractivity contribution is -0.119. The predicted molar refractivity (Wildman–Crippen MR) is 86.9 cm³/mol. The van der Waals surface area contributed by atoms with Crippen molar-refractivity contribution in [2.24, 2.45) is 5.73 Å². The first-order chi connectivity index (χ1) is 10.6. The Morgan fingerprint density at radius 3 is 2.68 bits per heavy atom. The second-order valence-corrected chi connectivity index (χ2v) is 5.70. The van der Waals surface area contributed by atoms with Crippen LogP contribution in [0.4, 0.5) is 5.69 Å². The molecule has 2 aromatic rings. The Morgan fingerprint density at radius 1 is 1.18 bits per heavy atom. The number of phenols is 1. The summed E-state index contributed by atoms with van der Waals surface area (Å²) >= 11 is 0. The van der Waals surface area contributed by atoms with E-state index in [2.05, 4.69) is 6.07 Å². The summed E-state index contributed by atoms with van der Waals surface area (Å²) in [5, 5.41) is 9.31. The Hall–Kier alpha value is -2.33. The van der Waals surface area contributed by atoms with Gasteiger partial charge < -0.3 is 15.7 Å². The van der Waals surface area contributed by atoms with Crippen molar-refractivity contribution in [2.45, 2.75) is 25.3 Å². The van der Waals surface area contributed by atoms with Gasteiger partial charge >= 0.3 is 0 Å². The molecule has 1 atom stereocenters. The van der Waals surface area contributed by atoms with Crippen LogP contribution in [0.5, 0.6) is 5.75 Å². The number of benzene rings is 2. The molecule has 0 unspecified atom stereocenters. The fraction of sp³-hybridized carbons (Fsp3) is 0.278. The summed E-state index contributed by atoms with van der Waals surface area (Å²) in [6.07, 6.45) is 2.44. The Kier molecular flexibility index (Phi) is 4.11. The largest absolute Gasteiger partial charge is 0.508 e. The van der Waals surface area contributed by atoms with Gasteiger partial charge in [0.05, 0.1) is 6.04 Å². The van der Waals surface area contributed by atoms with Crippen LogP contribution < -0.4 is 10.6 Å². The predicted octanol–water partition coefficient (Wildman–Crippen LogP) is 2.24. The lowest BCUT2D eigenvalue weighted by Gasteiger charge is -2.31. The number of carbonyl (C=O) groups is 1. The maximum Gasteiger partial charge on any atom is 0.244 e. The molecule has 4 nitrogen and oxygen atoms in total. The van der Waals surface area contributed by atoms with Gasteiger partial charge in [-0.3, -0.25) is 4.79 Å². The zero-order chi connectivity index (χ0) is 15.5. The number of aromatic hydroxyl groups is 1. The molecule has 1 aliphatic heterocycles. The number of phenolic OH excluding ortho intramolecular Hbond substituents is 1. The molecule has 0 saturated carbocycles. The van der Waals surface area contributed by atoms with E-state index >= 15 is 0 Å². The van der Waals surface area contributed by atoms with Crippen molar-refractivity contribution >= 4 is 11.6 Å². The van der Waals surface area contributed by atoms with Crippen LogP contribution in [0, 0.1) is 0 Å². The van der Waals surface area contributed by atoms with Crippen LogP contribution in [0.15, 0.2) is 48.5 Å². The average molecular weight is 296 g/mol. The van der Waals surface area contributed by atoms with Crippen molar-refractivity contribution in [1.82, 2.24) is 0 Å². The fourth-order valence-electron chi connectivity index (χ4n) is 2.94. The molecular formula is C18H20N2O2. The maximum absolute atomic E-state index is 12.7. The topological polar surface area (TPSA) is 66.6 Å². The minimum atomic E-state index is -0.573. The summed E-state index contributed by atoms with van der Waals surface area (Å²) in [5.41, 5.74) is 9.26. The number of fused-ring (bicyclic) bond motifs is 1. The first-order valence-corrected chi connectivity index (χ1v) is 7.58. The molecule has 0 radical (unpaired) electrons. The minimum absolute atomic E-state index is 0.0415. The molecule has 1 heterocycles. The van der Waals surface area contributed by atoms with Gasteiger partial charge in [0.25, 0.3) is 0 Å². The quantitative estimate of drug-likeness (QED) is 0.913. The number of para-hydroxylation sites is 1. The van der Waals surface area contributed by atoms with Crippen LogP contribution in [0.2, 0.25) is 0 Å². The number of nitrogens with zero attached hydrogens (tertiary/aromatic N) is 1. The smallest absolute Gasteiger partial charge is 0.244 e. The van der Waals surface area contributed by atoms with Gasteiger partial charge in [-0.25, -0.2) is 0 Å². The van der Waals surface area contributed by atoms with Gasteiger partial charge in [-0.15, -0.1) is 0 Å². The van der Waals surface area contributed by atoms with Gasteiger partial charge in [0.15, 0.2) is 0 Å². The van der Waals surface area contributed by atoms with E-state index in [1.54, 1.807) is 24.3 Å². The molecule has 1 aliphatic rings. The third kappa shape index (κ3) is 2.97. The van der Waals surface area contributed by atoms with Crippen molar-refractivity contribution in [1.29, 1.82) is 0 Å². The molecule has 3 rings (SSSR count). The van der Waals surface area contributed by atoms with Crippen molar-refractivity contribution in [3.05, 3.63) is 59.7 Å². The molecule has 0 saturated heterocycles. The van der Waals surface area contributed by atoms with Crippen LogP contribution in [0.25, 0.3) is 0 Å². The highest BCUT2D eigenvalue weighted by Crippen LogP contribution is 2.27. The van der Waals surface area contributed by atoms with Gasteiger partial charge in [0, 0.05) is 12.2 Å². The van der Waals surface area contributed by atoms with Crippen LogP contribution in [-0.4, -0.2) is 23.6 Å². The highest BCUT2D eigenvalue weighted by molar-refractivity contribution is 5.98. The molecule has 114 valence electrons. The summed E-state index contributed by atoms with van der Waals surface area (Å²) in [5.74, 6) is 0.175. The van der Waals surface area contributed by atoms with Crippen molar-refractivity contribution in [3.8, 4) is 5.75 Å². The van der Waals surface area contributed by atoms with E-state index in [-0.39, 0.29) is 11.7 Å². The average Bonchev–Trinajstić information content (AvgIpc) is 2.55. The Morgan fingerprint density at radius 2 is 1.91 bits per heavy atom. The van der Waals surface area contributed by atoms with Gasteiger partial charge in [0.1, 0.15) is 5.75 Å². The monoisotopic (exact) mass is 296 g/mol. The van der Waals surface area contributed by atoms with Gasteiger partial charge in [-0.1, -0.05) is 30.3 Å². The molecule has 3 N–H and O–H groups in total. The molecule has 0 bridgehead atoms. The highest BCUT2D eigenvalue weighted by Gasteiger charge is 2.26. The second-order valence-electron chi connectivity index (χ2n) is 5.70. The minimum Gasteiger partial charge on any atom is -0.508 e. The molecular weight excluding hydrogens is 276 g/mol. The van der Waals surface area contributed by atoms with Gasteiger partial charge in [-0.05, 0) is 48.6 Å². The third-order valence-electron chi connectivity index (χ3n) is 4.09. The van der Waals surface area contributed by atoms with Gasteiger partial charge in [-0.2, -0.15) is 0 Å². The molecule has 22 heavy (non-hydrogen) atoms. The molecule has 2 aromatic carbocycles. The molecule has 1 amide bonds. The number of rotatable bonds is 3. The van der Waals surface area contributed by atoms with E-state index in [9.17, 15) is 9.90 Å². The zero-order valence-corrected chi connectivity index (χ0v) is 12.4. The number of amides is 1. The molecule has 0 fully saturated rings. The standard InChI is InChI=1S/C18H20N2O2/c19-16(12-13-7-9-15(21)10-8-13)18(22)20-11-3-5-14-4-1-2-6-17(14)20/h1-2,4,6-10,16,21H,3,5,11-12,19H2/t16-/m0/s1. The summed E-state index contributed by atoms with van der Waals surface area (Å²) in [4.78, 5) is 14.5. The van der Waals surface area contributed by atoms with E-state index < -0.39 is 6.04 Å². The molecule has 0 spiro atoms. The number of carbonyl (C=O) groups excluding carboxylic acids is 1. The Balaban J connectivity index is 1.75. The summed E-state index contributed by atoms with van der Waals surface area (Å²) in [6.45, 7) is 0.721. The van der Waals surface area contributed by atoms with Crippen LogP contribution in [-0.2, 0) is 17.6 Å². The lowest BCUT2D eigenvalue weighted by atomic mass is 9.99. The summed E-state index contributed by atoms with van der Waals surface area (Å²) in [6, 6.07) is 14.3. The SMILES string of the molecule is N[C@@H](Cc1ccc(O)cc1)C(=O)N1CCCc2ccccc21. The number of nitrogens with two attached hydrogens (primary N) is 1. The normalized spacial score (nSPS) is 15.2. The number of hydrogen-bond donors (Lipinski definition) is 2. The third-order valence-corrected chi connectivity index (χ3v) is 4.09. The number of anilines is 1. The van der Waals surface area contributed by atoms with Crippen molar-refractivity contribution in [2.75, 3.05) is 11.4 Å². The van der Waals surface area contributed by atoms with Gasteiger partial charge in [0.2, 0.25) is 5.91 Å². The van der Waals surface area contributed by atoms with E-state index in [0.29, 0.717) is 6.42 Å². The van der Waals surface area contributed by atoms with E-state index in [0.717, 1.165) is 30.6 Å². The fourth-order valence-corrected chi connectivity index (χ4v) is 2.94.